The van der Waals surface area contributed by atoms with E-state index in [9.17, 15) is 0 Å². The Bertz CT molecular complexity index is 641. The number of rotatable bonds is 13. The minimum Gasteiger partial charge on any atom is -0.494 e. The van der Waals surface area contributed by atoms with Gasteiger partial charge in [-0.2, -0.15) is 0 Å². The lowest BCUT2D eigenvalue weighted by molar-refractivity contribution is 0.233. The summed E-state index contributed by atoms with van der Waals surface area (Å²) in [6, 6.07) is 12.6. The molecule has 2 aromatic rings. The fraction of sp³-hybridized carbons (Fsp3) is 0.565. The van der Waals surface area contributed by atoms with Crippen LogP contribution in [0.2, 0.25) is 0 Å². The number of unbranched alkanes of at least 4 members (excludes halogenated alkanes) is 3. The molecule has 3 heteroatoms. The van der Waals surface area contributed by atoms with Crippen molar-refractivity contribution in [1.82, 2.24) is 0 Å². The molecule has 0 amide bonds. The molecule has 0 fully saturated rings. The molecule has 144 valence electrons. The van der Waals surface area contributed by atoms with E-state index in [2.05, 4.69) is 44.2 Å². The van der Waals surface area contributed by atoms with Crippen LogP contribution in [0.4, 0.5) is 0 Å². The molecule has 0 saturated carbocycles. The predicted octanol–water partition coefficient (Wildman–Crippen LogP) is 7.22. The van der Waals surface area contributed by atoms with Crippen molar-refractivity contribution in [1.29, 1.82) is 0 Å². The van der Waals surface area contributed by atoms with Gasteiger partial charge in [0.2, 0.25) is 0 Å². The lowest BCUT2D eigenvalue weighted by atomic mass is 10.0. The lowest BCUT2D eigenvalue weighted by Crippen LogP contribution is -2.11. The molecule has 26 heavy (non-hydrogen) atoms. The molecule has 1 atom stereocenters. The van der Waals surface area contributed by atoms with Crippen LogP contribution in [-0.2, 0) is 0 Å². The Morgan fingerprint density at radius 2 is 1.54 bits per heavy atom. The van der Waals surface area contributed by atoms with Crippen LogP contribution in [0.1, 0.15) is 58.8 Å². The number of benzene rings is 2. The first-order valence-electron chi connectivity index (χ1n) is 10.1. The van der Waals surface area contributed by atoms with Crippen LogP contribution in [0, 0.1) is 5.92 Å². The summed E-state index contributed by atoms with van der Waals surface area (Å²) >= 11 is 5.69. The molecule has 0 bridgehead atoms. The van der Waals surface area contributed by atoms with E-state index in [1.807, 2.05) is 6.07 Å². The highest BCUT2D eigenvalue weighted by molar-refractivity contribution is 6.17. The standard InChI is InChI=1S/C23H33ClO2/c1-3-5-9-19(4-2)18-26-23-13-11-20-16-22(12-10-21(20)17-23)25-15-8-6-7-14-24/h10-13,16-17,19H,3-9,14-15,18H2,1-2H3. The van der Waals surface area contributed by atoms with Gasteiger partial charge in [-0.25, -0.2) is 0 Å². The van der Waals surface area contributed by atoms with Crippen molar-refractivity contribution in [2.75, 3.05) is 19.1 Å². The Morgan fingerprint density at radius 3 is 2.15 bits per heavy atom. The van der Waals surface area contributed by atoms with E-state index >= 15 is 0 Å². The second-order valence-corrected chi connectivity index (χ2v) is 7.37. The number of hydrogen-bond acceptors (Lipinski definition) is 2. The fourth-order valence-corrected chi connectivity index (χ4v) is 3.25. The molecule has 2 aromatic carbocycles. The summed E-state index contributed by atoms with van der Waals surface area (Å²) < 4.78 is 11.9. The predicted molar refractivity (Wildman–Crippen MR) is 113 cm³/mol. The summed E-state index contributed by atoms with van der Waals surface area (Å²) in [6.07, 6.45) is 8.20. The molecule has 0 spiro atoms. The molecule has 0 aliphatic heterocycles. The number of halogens is 1. The van der Waals surface area contributed by atoms with Crippen molar-refractivity contribution in [2.45, 2.75) is 58.8 Å². The van der Waals surface area contributed by atoms with Crippen molar-refractivity contribution in [3.63, 3.8) is 0 Å². The van der Waals surface area contributed by atoms with Crippen LogP contribution in [-0.4, -0.2) is 19.1 Å². The van der Waals surface area contributed by atoms with Crippen molar-refractivity contribution in [3.05, 3.63) is 36.4 Å². The van der Waals surface area contributed by atoms with Crippen molar-refractivity contribution in [3.8, 4) is 11.5 Å². The molecule has 2 rings (SSSR count). The summed E-state index contributed by atoms with van der Waals surface area (Å²) in [6.45, 7) is 6.06. The zero-order valence-electron chi connectivity index (χ0n) is 16.3. The van der Waals surface area contributed by atoms with Gasteiger partial charge in [-0.1, -0.05) is 45.2 Å². The van der Waals surface area contributed by atoms with Crippen molar-refractivity contribution in [2.24, 2.45) is 5.92 Å². The highest BCUT2D eigenvalue weighted by atomic mass is 35.5. The van der Waals surface area contributed by atoms with Crippen LogP contribution in [0.15, 0.2) is 36.4 Å². The van der Waals surface area contributed by atoms with E-state index in [0.717, 1.165) is 49.9 Å². The van der Waals surface area contributed by atoms with E-state index in [4.69, 9.17) is 21.1 Å². The molecule has 0 aromatic heterocycles. The van der Waals surface area contributed by atoms with E-state index in [1.165, 1.54) is 36.5 Å². The van der Waals surface area contributed by atoms with Gasteiger partial charge in [0.25, 0.3) is 0 Å². The van der Waals surface area contributed by atoms with E-state index in [1.54, 1.807) is 0 Å². The summed E-state index contributed by atoms with van der Waals surface area (Å²) in [4.78, 5) is 0. The molecular formula is C23H33ClO2. The smallest absolute Gasteiger partial charge is 0.119 e. The Hall–Kier alpha value is -1.41. The summed E-state index contributed by atoms with van der Waals surface area (Å²) in [5.41, 5.74) is 0. The average molecular weight is 377 g/mol. The molecule has 0 radical (unpaired) electrons. The molecule has 2 nitrogen and oxygen atoms in total. The molecule has 1 unspecified atom stereocenters. The van der Waals surface area contributed by atoms with Gasteiger partial charge in [0.1, 0.15) is 11.5 Å². The average Bonchev–Trinajstić information content (AvgIpc) is 2.68. The molecule has 0 heterocycles. The maximum Gasteiger partial charge on any atom is 0.119 e. The molecule has 0 N–H and O–H groups in total. The van der Waals surface area contributed by atoms with Gasteiger partial charge in [0.05, 0.1) is 13.2 Å². The highest BCUT2D eigenvalue weighted by Gasteiger charge is 2.07. The number of hydrogen-bond donors (Lipinski definition) is 0. The summed E-state index contributed by atoms with van der Waals surface area (Å²) in [5, 5.41) is 2.38. The largest absolute Gasteiger partial charge is 0.494 e. The van der Waals surface area contributed by atoms with Gasteiger partial charge in [-0.3, -0.25) is 0 Å². The third kappa shape index (κ3) is 7.07. The van der Waals surface area contributed by atoms with Crippen LogP contribution in [0.25, 0.3) is 10.8 Å². The van der Waals surface area contributed by atoms with Gasteiger partial charge in [-0.05, 0) is 66.6 Å². The Morgan fingerprint density at radius 1 is 0.846 bits per heavy atom. The Kier molecular flexibility index (Phi) is 9.70. The maximum atomic E-state index is 6.05. The first-order chi connectivity index (χ1) is 12.8. The lowest BCUT2D eigenvalue weighted by Gasteiger charge is -2.16. The second kappa shape index (κ2) is 12.1. The van der Waals surface area contributed by atoms with E-state index in [-0.39, 0.29) is 0 Å². The van der Waals surface area contributed by atoms with Crippen molar-refractivity contribution >= 4 is 22.4 Å². The van der Waals surface area contributed by atoms with Gasteiger partial charge in [-0.15, -0.1) is 11.6 Å². The minimum atomic E-state index is 0.653. The summed E-state index contributed by atoms with van der Waals surface area (Å²) in [7, 11) is 0. The summed E-state index contributed by atoms with van der Waals surface area (Å²) in [5.74, 6) is 3.28. The molecular weight excluding hydrogens is 344 g/mol. The number of fused-ring (bicyclic) bond motifs is 1. The Labute approximate surface area is 163 Å². The van der Waals surface area contributed by atoms with E-state index in [0.29, 0.717) is 5.92 Å². The first-order valence-corrected chi connectivity index (χ1v) is 10.7. The van der Waals surface area contributed by atoms with Crippen LogP contribution < -0.4 is 9.47 Å². The first kappa shape index (κ1) is 20.9. The zero-order chi connectivity index (χ0) is 18.6. The molecule has 0 aliphatic rings. The SMILES string of the molecule is CCCCC(CC)COc1ccc2cc(OCCCCCCl)ccc2c1. The maximum absolute atomic E-state index is 6.05. The minimum absolute atomic E-state index is 0.653. The van der Waals surface area contributed by atoms with Gasteiger partial charge in [0, 0.05) is 5.88 Å². The zero-order valence-corrected chi connectivity index (χ0v) is 17.1. The fourth-order valence-electron chi connectivity index (χ4n) is 3.06. The normalized spacial score (nSPS) is 12.3. The number of alkyl halides is 1. The molecule has 0 aliphatic carbocycles. The third-order valence-electron chi connectivity index (χ3n) is 4.86. The number of ether oxygens (including phenoxy) is 2. The van der Waals surface area contributed by atoms with Crippen LogP contribution in [0.3, 0.4) is 0 Å². The highest BCUT2D eigenvalue weighted by Crippen LogP contribution is 2.26. The van der Waals surface area contributed by atoms with Crippen molar-refractivity contribution < 1.29 is 9.47 Å². The monoisotopic (exact) mass is 376 g/mol. The van der Waals surface area contributed by atoms with Gasteiger partial charge in [0.15, 0.2) is 0 Å². The van der Waals surface area contributed by atoms with E-state index < -0.39 is 0 Å². The topological polar surface area (TPSA) is 18.5 Å². The van der Waals surface area contributed by atoms with Crippen LogP contribution in [0.5, 0.6) is 11.5 Å². The quantitative estimate of drug-likeness (QED) is 0.271. The third-order valence-corrected chi connectivity index (χ3v) is 5.13. The molecule has 0 saturated heterocycles. The van der Waals surface area contributed by atoms with Crippen LogP contribution >= 0.6 is 11.6 Å². The second-order valence-electron chi connectivity index (χ2n) is 7.00. The van der Waals surface area contributed by atoms with Gasteiger partial charge < -0.3 is 9.47 Å². The van der Waals surface area contributed by atoms with Gasteiger partial charge >= 0.3 is 0 Å². The Balaban J connectivity index is 1.89.